The average Bonchev–Trinajstić information content (AvgIpc) is 2.65. The Labute approximate surface area is 154 Å². The molecule has 0 aliphatic carbocycles. The van der Waals surface area contributed by atoms with Crippen LogP contribution in [0.4, 0.5) is 11.4 Å². The van der Waals surface area contributed by atoms with Crippen LogP contribution in [0, 0.1) is 17.0 Å². The molecule has 0 aliphatic heterocycles. The molecule has 3 rings (SSSR count). The van der Waals surface area contributed by atoms with Crippen LogP contribution in [-0.4, -0.2) is 20.6 Å². The number of nitrogens with zero attached hydrogens (tertiary/aromatic N) is 3. The van der Waals surface area contributed by atoms with Crippen molar-refractivity contribution in [3.05, 3.63) is 86.7 Å². The van der Waals surface area contributed by atoms with E-state index in [1.807, 2.05) is 25.1 Å². The van der Waals surface area contributed by atoms with Crippen LogP contribution >= 0.6 is 0 Å². The van der Waals surface area contributed by atoms with E-state index in [4.69, 9.17) is 0 Å². The molecule has 3 aromatic rings. The molecule has 0 aliphatic rings. The molecule has 1 amide bonds. The standard InChI is InChI=1S/C19H16N4O4/c1-13-4-2-3-5-16(13)20-18(24)12-22-19(25)11-10-17(21-22)14-6-8-15(9-7-14)23(26)27/h2-11H,12H2,1H3,(H,20,24). The first-order chi connectivity index (χ1) is 12.9. The van der Waals surface area contributed by atoms with Gasteiger partial charge in [0.15, 0.2) is 0 Å². The maximum absolute atomic E-state index is 12.3. The Kier molecular flexibility index (Phi) is 5.07. The van der Waals surface area contributed by atoms with Crippen LogP contribution < -0.4 is 10.9 Å². The van der Waals surface area contributed by atoms with Crippen LogP contribution in [0.5, 0.6) is 0 Å². The van der Waals surface area contributed by atoms with Crippen LogP contribution in [0.2, 0.25) is 0 Å². The molecule has 1 N–H and O–H groups in total. The number of amides is 1. The summed E-state index contributed by atoms with van der Waals surface area (Å²) in [6.45, 7) is 1.63. The summed E-state index contributed by atoms with van der Waals surface area (Å²) in [5, 5.41) is 17.7. The number of hydrogen-bond donors (Lipinski definition) is 1. The smallest absolute Gasteiger partial charge is 0.269 e. The third-order valence-corrected chi connectivity index (χ3v) is 3.95. The topological polar surface area (TPSA) is 107 Å². The van der Waals surface area contributed by atoms with E-state index in [-0.39, 0.29) is 18.1 Å². The zero-order chi connectivity index (χ0) is 19.4. The molecule has 136 valence electrons. The Morgan fingerprint density at radius 1 is 1.11 bits per heavy atom. The van der Waals surface area contributed by atoms with E-state index in [2.05, 4.69) is 10.4 Å². The van der Waals surface area contributed by atoms with Crippen molar-refractivity contribution in [2.45, 2.75) is 13.5 Å². The third-order valence-electron chi connectivity index (χ3n) is 3.95. The van der Waals surface area contributed by atoms with E-state index < -0.39 is 10.5 Å². The minimum Gasteiger partial charge on any atom is -0.324 e. The van der Waals surface area contributed by atoms with Crippen molar-refractivity contribution in [1.29, 1.82) is 0 Å². The minimum atomic E-state index is -0.492. The van der Waals surface area contributed by atoms with Crippen molar-refractivity contribution in [3.63, 3.8) is 0 Å². The number of nitro groups is 1. The molecule has 0 bridgehead atoms. The number of rotatable bonds is 5. The van der Waals surface area contributed by atoms with Gasteiger partial charge in [0, 0.05) is 29.4 Å². The number of carbonyl (C=O) groups excluding carboxylic acids is 1. The maximum Gasteiger partial charge on any atom is 0.269 e. The summed E-state index contributed by atoms with van der Waals surface area (Å²) in [6, 6.07) is 15.9. The van der Waals surface area contributed by atoms with Gasteiger partial charge in [-0.15, -0.1) is 0 Å². The first-order valence-corrected chi connectivity index (χ1v) is 8.12. The van der Waals surface area contributed by atoms with Gasteiger partial charge in [0.1, 0.15) is 6.54 Å². The summed E-state index contributed by atoms with van der Waals surface area (Å²) in [7, 11) is 0. The predicted octanol–water partition coefficient (Wildman–Crippen LogP) is 2.77. The van der Waals surface area contributed by atoms with E-state index >= 15 is 0 Å². The monoisotopic (exact) mass is 364 g/mol. The molecule has 1 heterocycles. The normalized spacial score (nSPS) is 10.4. The summed E-state index contributed by atoms with van der Waals surface area (Å²) in [4.78, 5) is 34.6. The molecule has 0 atom stereocenters. The van der Waals surface area contributed by atoms with E-state index in [1.165, 1.54) is 24.3 Å². The first-order valence-electron chi connectivity index (χ1n) is 8.12. The number of para-hydroxylation sites is 1. The van der Waals surface area contributed by atoms with Crippen LogP contribution in [0.25, 0.3) is 11.3 Å². The maximum atomic E-state index is 12.3. The number of non-ortho nitro benzene ring substituents is 1. The van der Waals surface area contributed by atoms with Crippen LogP contribution in [0.3, 0.4) is 0 Å². The molecule has 0 unspecified atom stereocenters. The quantitative estimate of drug-likeness (QED) is 0.553. The molecule has 0 spiro atoms. The summed E-state index contributed by atoms with van der Waals surface area (Å²) in [5.74, 6) is -0.375. The second-order valence-electron chi connectivity index (χ2n) is 5.88. The molecule has 1 aromatic heterocycles. The van der Waals surface area contributed by atoms with Crippen molar-refractivity contribution in [2.75, 3.05) is 5.32 Å². The van der Waals surface area contributed by atoms with Crippen LogP contribution in [0.15, 0.2) is 65.5 Å². The summed E-state index contributed by atoms with van der Waals surface area (Å²) >= 11 is 0. The zero-order valence-electron chi connectivity index (χ0n) is 14.5. The molecule has 0 saturated heterocycles. The zero-order valence-corrected chi connectivity index (χ0v) is 14.5. The Morgan fingerprint density at radius 3 is 2.48 bits per heavy atom. The molecular formula is C19H16N4O4. The Bertz CT molecular complexity index is 1060. The van der Waals surface area contributed by atoms with Crippen molar-refractivity contribution in [1.82, 2.24) is 9.78 Å². The van der Waals surface area contributed by atoms with Gasteiger partial charge in [-0.05, 0) is 36.8 Å². The highest BCUT2D eigenvalue weighted by atomic mass is 16.6. The SMILES string of the molecule is Cc1ccccc1NC(=O)Cn1nc(-c2ccc([N+](=O)[O-])cc2)ccc1=O. The van der Waals surface area contributed by atoms with Crippen LogP contribution in [-0.2, 0) is 11.3 Å². The fraction of sp³-hybridized carbons (Fsp3) is 0.105. The lowest BCUT2D eigenvalue weighted by atomic mass is 10.1. The lowest BCUT2D eigenvalue weighted by Crippen LogP contribution is -2.29. The summed E-state index contributed by atoms with van der Waals surface area (Å²) in [5.41, 5.74) is 2.17. The molecule has 8 nitrogen and oxygen atoms in total. The van der Waals surface area contributed by atoms with Crippen molar-refractivity contribution >= 4 is 17.3 Å². The van der Waals surface area contributed by atoms with E-state index in [1.54, 1.807) is 18.2 Å². The average molecular weight is 364 g/mol. The van der Waals surface area contributed by atoms with Gasteiger partial charge in [-0.2, -0.15) is 5.10 Å². The molecule has 2 aromatic carbocycles. The lowest BCUT2D eigenvalue weighted by molar-refractivity contribution is -0.384. The highest BCUT2D eigenvalue weighted by Crippen LogP contribution is 2.19. The van der Waals surface area contributed by atoms with E-state index in [9.17, 15) is 19.7 Å². The Hall–Kier alpha value is -3.81. The van der Waals surface area contributed by atoms with Gasteiger partial charge in [0.2, 0.25) is 5.91 Å². The summed E-state index contributed by atoms with van der Waals surface area (Å²) < 4.78 is 1.06. The van der Waals surface area contributed by atoms with Gasteiger partial charge in [-0.25, -0.2) is 4.68 Å². The minimum absolute atomic E-state index is 0.0373. The molecule has 27 heavy (non-hydrogen) atoms. The Morgan fingerprint density at radius 2 is 1.81 bits per heavy atom. The number of benzene rings is 2. The van der Waals surface area contributed by atoms with Crippen molar-refractivity contribution in [2.24, 2.45) is 0 Å². The highest BCUT2D eigenvalue weighted by molar-refractivity contribution is 5.91. The molecule has 0 radical (unpaired) electrons. The summed E-state index contributed by atoms with van der Waals surface area (Å²) in [6.07, 6.45) is 0. The molecule has 0 saturated carbocycles. The van der Waals surface area contributed by atoms with Gasteiger partial charge >= 0.3 is 0 Å². The molecular weight excluding hydrogens is 348 g/mol. The third kappa shape index (κ3) is 4.24. The predicted molar refractivity (Wildman–Crippen MR) is 100 cm³/mol. The fourth-order valence-corrected chi connectivity index (χ4v) is 2.51. The number of nitro benzene ring substituents is 1. The van der Waals surface area contributed by atoms with Gasteiger partial charge in [0.05, 0.1) is 10.6 Å². The highest BCUT2D eigenvalue weighted by Gasteiger charge is 2.10. The van der Waals surface area contributed by atoms with Gasteiger partial charge in [0.25, 0.3) is 11.2 Å². The van der Waals surface area contributed by atoms with Gasteiger partial charge in [-0.1, -0.05) is 18.2 Å². The first kappa shape index (κ1) is 18.0. The number of hydrogen-bond acceptors (Lipinski definition) is 5. The van der Waals surface area contributed by atoms with Crippen molar-refractivity contribution in [3.8, 4) is 11.3 Å². The number of nitrogens with one attached hydrogen (secondary N) is 1. The lowest BCUT2D eigenvalue weighted by Gasteiger charge is -2.10. The fourth-order valence-electron chi connectivity index (χ4n) is 2.51. The number of anilines is 1. The van der Waals surface area contributed by atoms with E-state index in [0.29, 0.717) is 16.9 Å². The number of carbonyl (C=O) groups is 1. The second-order valence-corrected chi connectivity index (χ2v) is 5.88. The van der Waals surface area contributed by atoms with Gasteiger partial charge in [-0.3, -0.25) is 19.7 Å². The molecule has 0 fully saturated rings. The largest absolute Gasteiger partial charge is 0.324 e. The second kappa shape index (κ2) is 7.61. The van der Waals surface area contributed by atoms with Gasteiger partial charge < -0.3 is 5.32 Å². The number of aromatic nitrogens is 2. The van der Waals surface area contributed by atoms with Crippen LogP contribution in [0.1, 0.15) is 5.56 Å². The van der Waals surface area contributed by atoms with E-state index in [0.717, 1.165) is 10.2 Å². The van der Waals surface area contributed by atoms with Crippen molar-refractivity contribution < 1.29 is 9.72 Å². The molecule has 8 heteroatoms. The Balaban J connectivity index is 1.81. The number of aryl methyl sites for hydroxylation is 1.